The Morgan fingerprint density at radius 1 is 1.32 bits per heavy atom. The van der Waals surface area contributed by atoms with Crippen LogP contribution in [0.1, 0.15) is 25.3 Å². The Balaban J connectivity index is 0.00000144. The molecule has 22 heavy (non-hydrogen) atoms. The van der Waals surface area contributed by atoms with Crippen molar-refractivity contribution >= 4 is 35.3 Å². The molecule has 1 fully saturated rings. The molecule has 0 amide bonds. The third-order valence-electron chi connectivity index (χ3n) is 4.10. The fourth-order valence-electron chi connectivity index (χ4n) is 2.79. The minimum atomic E-state index is 0. The van der Waals surface area contributed by atoms with Gasteiger partial charge in [-0.3, -0.25) is 0 Å². The molecular weight excluding hydrogens is 304 g/mol. The number of aliphatic hydroxyl groups excluding tert-OH is 1. The van der Waals surface area contributed by atoms with Crippen LogP contribution >= 0.6 is 12.4 Å². The van der Waals surface area contributed by atoms with Gasteiger partial charge in [0.15, 0.2) is 17.0 Å². The van der Waals surface area contributed by atoms with Crippen molar-refractivity contribution in [2.45, 2.75) is 31.3 Å². The fourth-order valence-corrected chi connectivity index (χ4v) is 2.79. The maximum absolute atomic E-state index is 9.26. The van der Waals surface area contributed by atoms with Crippen molar-refractivity contribution < 1.29 is 5.11 Å². The van der Waals surface area contributed by atoms with Gasteiger partial charge >= 0.3 is 0 Å². The molecular formula is C14H19ClN6O. The van der Waals surface area contributed by atoms with Gasteiger partial charge in [-0.05, 0) is 19.3 Å². The van der Waals surface area contributed by atoms with E-state index in [4.69, 9.17) is 5.73 Å². The number of rotatable bonds is 4. The Morgan fingerprint density at radius 2 is 2.14 bits per heavy atom. The number of nitrogens with one attached hydrogen (secondary N) is 1. The quantitative estimate of drug-likeness (QED) is 0.738. The summed E-state index contributed by atoms with van der Waals surface area (Å²) in [6.07, 6.45) is 9.10. The van der Waals surface area contributed by atoms with Crippen LogP contribution in [0.25, 0.3) is 11.2 Å². The lowest BCUT2D eigenvalue weighted by Gasteiger charge is -2.13. The van der Waals surface area contributed by atoms with Gasteiger partial charge in [-0.15, -0.1) is 12.4 Å². The van der Waals surface area contributed by atoms with Crippen LogP contribution in [0.5, 0.6) is 0 Å². The first-order valence-corrected chi connectivity index (χ1v) is 7.30. The molecule has 0 saturated heterocycles. The number of hydrogen-bond donors (Lipinski definition) is 3. The molecule has 4 rings (SSSR count). The zero-order valence-electron chi connectivity index (χ0n) is 12.0. The van der Waals surface area contributed by atoms with Gasteiger partial charge in [0.1, 0.15) is 0 Å². The van der Waals surface area contributed by atoms with E-state index in [-0.39, 0.29) is 36.9 Å². The average molecular weight is 323 g/mol. The van der Waals surface area contributed by atoms with E-state index in [2.05, 4.69) is 26.3 Å². The van der Waals surface area contributed by atoms with Gasteiger partial charge in [0, 0.05) is 18.6 Å². The van der Waals surface area contributed by atoms with Crippen LogP contribution in [0.4, 0.5) is 11.8 Å². The van der Waals surface area contributed by atoms with Crippen molar-refractivity contribution in [3.8, 4) is 0 Å². The Morgan fingerprint density at radius 3 is 2.82 bits per heavy atom. The molecule has 0 aliphatic heterocycles. The predicted molar refractivity (Wildman–Crippen MR) is 87.0 cm³/mol. The van der Waals surface area contributed by atoms with Crippen molar-refractivity contribution in [3.05, 3.63) is 18.5 Å². The van der Waals surface area contributed by atoms with Crippen LogP contribution in [-0.2, 0) is 0 Å². The second-order valence-electron chi connectivity index (χ2n) is 5.80. The van der Waals surface area contributed by atoms with Gasteiger partial charge in [0.2, 0.25) is 5.95 Å². The molecule has 2 aromatic rings. The monoisotopic (exact) mass is 322 g/mol. The zero-order valence-corrected chi connectivity index (χ0v) is 12.8. The summed E-state index contributed by atoms with van der Waals surface area (Å²) in [5.41, 5.74) is 7.35. The van der Waals surface area contributed by atoms with Gasteiger partial charge in [0.05, 0.1) is 12.4 Å². The van der Waals surface area contributed by atoms with Crippen molar-refractivity contribution in [1.29, 1.82) is 0 Å². The maximum Gasteiger partial charge on any atom is 0.224 e. The second-order valence-corrected chi connectivity index (χ2v) is 5.80. The minimum Gasteiger partial charge on any atom is -0.396 e. The fraction of sp³-hybridized carbons (Fsp3) is 0.500. The summed E-state index contributed by atoms with van der Waals surface area (Å²) in [7, 11) is 0. The van der Waals surface area contributed by atoms with Crippen LogP contribution in [0.3, 0.4) is 0 Å². The van der Waals surface area contributed by atoms with E-state index in [1.54, 1.807) is 6.33 Å². The number of allylic oxidation sites excluding steroid dienone is 1. The number of imidazole rings is 1. The molecule has 2 aliphatic rings. The number of halogens is 1. The summed E-state index contributed by atoms with van der Waals surface area (Å²) in [5.74, 6) is 1.18. The van der Waals surface area contributed by atoms with Crippen molar-refractivity contribution in [3.63, 3.8) is 0 Å². The molecule has 2 heterocycles. The summed E-state index contributed by atoms with van der Waals surface area (Å²) >= 11 is 0. The second kappa shape index (κ2) is 5.73. The standard InChI is InChI=1S/C14H18N6O.ClH/c15-14-18-12(17-9-2-3-9)11-13(19-14)20(7-16-11)10-4-1-8(5-10)6-21;/h1,4,7-10,21H,2-3,5-6H2,(H3,15,17,18,19);1H/t8-,10+;/m1./s1. The van der Waals surface area contributed by atoms with Crippen LogP contribution in [0, 0.1) is 5.92 Å². The van der Waals surface area contributed by atoms with Crippen molar-refractivity contribution in [1.82, 2.24) is 19.5 Å². The third kappa shape index (κ3) is 2.62. The lowest BCUT2D eigenvalue weighted by molar-refractivity contribution is 0.244. The van der Waals surface area contributed by atoms with Crippen LogP contribution < -0.4 is 11.1 Å². The smallest absolute Gasteiger partial charge is 0.224 e. The van der Waals surface area contributed by atoms with Gasteiger partial charge in [-0.25, -0.2) is 4.98 Å². The SMILES string of the molecule is Cl.Nc1nc(NC2CC2)c2ncn([C@H]3C=C[C@@H](CO)C3)c2n1. The first kappa shape index (κ1) is 15.1. The minimum absolute atomic E-state index is 0. The highest BCUT2D eigenvalue weighted by Gasteiger charge is 2.26. The first-order valence-electron chi connectivity index (χ1n) is 7.30. The van der Waals surface area contributed by atoms with E-state index in [1.807, 2.05) is 10.6 Å². The topological polar surface area (TPSA) is 102 Å². The van der Waals surface area contributed by atoms with Gasteiger partial charge in [0.25, 0.3) is 0 Å². The summed E-state index contributed by atoms with van der Waals surface area (Å²) in [6, 6.07) is 0.646. The van der Waals surface area contributed by atoms with E-state index in [1.165, 1.54) is 0 Å². The van der Waals surface area contributed by atoms with Gasteiger partial charge < -0.3 is 20.7 Å². The van der Waals surface area contributed by atoms with Gasteiger partial charge in [-0.1, -0.05) is 12.2 Å². The number of anilines is 2. The average Bonchev–Trinajstić information content (AvgIpc) is 3.01. The summed E-state index contributed by atoms with van der Waals surface area (Å²) < 4.78 is 2.01. The number of aliphatic hydroxyl groups is 1. The molecule has 0 spiro atoms. The molecule has 118 valence electrons. The molecule has 0 unspecified atom stereocenters. The maximum atomic E-state index is 9.26. The van der Waals surface area contributed by atoms with E-state index in [0.717, 1.165) is 36.2 Å². The molecule has 2 aliphatic carbocycles. The first-order chi connectivity index (χ1) is 10.2. The predicted octanol–water partition coefficient (Wildman–Crippen LogP) is 1.51. The Hall–Kier alpha value is -1.86. The summed E-state index contributed by atoms with van der Waals surface area (Å²) in [6.45, 7) is 0.172. The molecule has 7 nitrogen and oxygen atoms in total. The van der Waals surface area contributed by atoms with Crippen molar-refractivity contribution in [2.24, 2.45) is 5.92 Å². The van der Waals surface area contributed by atoms with Crippen LogP contribution in [-0.4, -0.2) is 37.3 Å². The largest absolute Gasteiger partial charge is 0.396 e. The number of nitrogens with two attached hydrogens (primary N) is 1. The number of aromatic nitrogens is 4. The lowest BCUT2D eigenvalue weighted by atomic mass is 10.1. The highest BCUT2D eigenvalue weighted by Crippen LogP contribution is 2.32. The number of hydrogen-bond acceptors (Lipinski definition) is 6. The van der Waals surface area contributed by atoms with E-state index >= 15 is 0 Å². The molecule has 4 N–H and O–H groups in total. The highest BCUT2D eigenvalue weighted by atomic mass is 35.5. The number of nitrogen functional groups attached to an aromatic ring is 1. The Bertz CT molecular complexity index is 711. The van der Waals surface area contributed by atoms with Gasteiger partial charge in [-0.2, -0.15) is 9.97 Å². The van der Waals surface area contributed by atoms with E-state index in [9.17, 15) is 5.11 Å². The van der Waals surface area contributed by atoms with Crippen molar-refractivity contribution in [2.75, 3.05) is 17.7 Å². The van der Waals surface area contributed by atoms with Crippen LogP contribution in [0.15, 0.2) is 18.5 Å². The molecule has 0 radical (unpaired) electrons. The van der Waals surface area contributed by atoms with E-state index in [0.29, 0.717) is 6.04 Å². The molecule has 0 aromatic carbocycles. The number of fused-ring (bicyclic) bond motifs is 1. The molecule has 1 saturated carbocycles. The van der Waals surface area contributed by atoms with E-state index < -0.39 is 0 Å². The third-order valence-corrected chi connectivity index (χ3v) is 4.10. The zero-order chi connectivity index (χ0) is 14.4. The molecule has 0 bridgehead atoms. The summed E-state index contributed by atoms with van der Waals surface area (Å²) in [5, 5.41) is 12.6. The number of nitrogens with zero attached hydrogens (tertiary/aromatic N) is 4. The normalized spacial score (nSPS) is 23.7. The Labute approximate surface area is 134 Å². The Kier molecular flexibility index (Phi) is 3.92. The molecule has 2 atom stereocenters. The van der Waals surface area contributed by atoms with Crippen LogP contribution in [0.2, 0.25) is 0 Å². The summed E-state index contributed by atoms with van der Waals surface area (Å²) in [4.78, 5) is 13.1. The lowest BCUT2D eigenvalue weighted by Crippen LogP contribution is -2.10. The molecule has 8 heteroatoms. The molecule has 2 aromatic heterocycles. The highest BCUT2D eigenvalue weighted by molar-refractivity contribution is 5.85.